The Bertz CT molecular complexity index is 729. The maximum absolute atomic E-state index is 11.9. The van der Waals surface area contributed by atoms with E-state index in [4.69, 9.17) is 14.2 Å². The molecule has 7 heteroatoms. The number of rotatable bonds is 10. The van der Waals surface area contributed by atoms with Crippen molar-refractivity contribution < 1.29 is 23.8 Å². The minimum absolute atomic E-state index is 0.0719. The molecule has 144 valence electrons. The van der Waals surface area contributed by atoms with Crippen LogP contribution in [0, 0.1) is 0 Å². The largest absolute Gasteiger partial charge is 0.497 e. The first kappa shape index (κ1) is 20.1. The average Bonchev–Trinajstić information content (AvgIpc) is 2.70. The highest BCUT2D eigenvalue weighted by atomic mass is 16.5. The Balaban J connectivity index is 1.59. The molecule has 0 aliphatic carbocycles. The van der Waals surface area contributed by atoms with Crippen LogP contribution in [0.4, 0.5) is 0 Å². The summed E-state index contributed by atoms with van der Waals surface area (Å²) < 4.78 is 15.6. The standard InChI is InChI=1S/C20H24N2O5/c1-25-16-5-3-15(4-6-16)13-19(23)22-14-20(24)21-11-12-27-18-9-7-17(26-2)8-10-18/h3-10H,11-14H2,1-2H3,(H,21,24)(H,22,23). The molecule has 2 rings (SSSR count). The van der Waals surface area contributed by atoms with Crippen LogP contribution >= 0.6 is 0 Å². The van der Waals surface area contributed by atoms with Crippen LogP contribution < -0.4 is 24.8 Å². The van der Waals surface area contributed by atoms with Gasteiger partial charge in [0.2, 0.25) is 11.8 Å². The molecular formula is C20H24N2O5. The fourth-order valence-electron chi connectivity index (χ4n) is 2.26. The topological polar surface area (TPSA) is 85.9 Å². The zero-order valence-corrected chi connectivity index (χ0v) is 15.5. The van der Waals surface area contributed by atoms with Gasteiger partial charge in [-0.05, 0) is 42.0 Å². The third-order valence-corrected chi connectivity index (χ3v) is 3.72. The molecule has 0 fully saturated rings. The number of hydrogen-bond acceptors (Lipinski definition) is 5. The summed E-state index contributed by atoms with van der Waals surface area (Å²) in [6, 6.07) is 14.4. The van der Waals surface area contributed by atoms with Gasteiger partial charge in [-0.25, -0.2) is 0 Å². The van der Waals surface area contributed by atoms with E-state index in [1.807, 2.05) is 12.1 Å². The fraction of sp³-hybridized carbons (Fsp3) is 0.300. The molecule has 0 spiro atoms. The first-order valence-electron chi connectivity index (χ1n) is 8.54. The van der Waals surface area contributed by atoms with Gasteiger partial charge in [0.05, 0.1) is 33.7 Å². The molecule has 0 bridgehead atoms. The monoisotopic (exact) mass is 372 g/mol. The van der Waals surface area contributed by atoms with Gasteiger partial charge in [0.15, 0.2) is 0 Å². The van der Waals surface area contributed by atoms with Gasteiger partial charge >= 0.3 is 0 Å². The summed E-state index contributed by atoms with van der Waals surface area (Å²) in [6.07, 6.45) is 0.206. The summed E-state index contributed by atoms with van der Waals surface area (Å²) in [5, 5.41) is 5.28. The van der Waals surface area contributed by atoms with E-state index >= 15 is 0 Å². The van der Waals surface area contributed by atoms with Gasteiger partial charge in [-0.15, -0.1) is 0 Å². The maximum Gasteiger partial charge on any atom is 0.239 e. The molecule has 0 saturated heterocycles. The molecule has 0 saturated carbocycles. The second-order valence-electron chi connectivity index (χ2n) is 5.68. The summed E-state index contributed by atoms with van der Waals surface area (Å²) in [4.78, 5) is 23.6. The molecule has 7 nitrogen and oxygen atoms in total. The highest BCUT2D eigenvalue weighted by Crippen LogP contribution is 2.16. The van der Waals surface area contributed by atoms with Crippen molar-refractivity contribution in [2.24, 2.45) is 0 Å². The normalized spacial score (nSPS) is 10.0. The third-order valence-electron chi connectivity index (χ3n) is 3.72. The van der Waals surface area contributed by atoms with E-state index in [0.717, 1.165) is 17.1 Å². The summed E-state index contributed by atoms with van der Waals surface area (Å²) in [5.41, 5.74) is 0.849. The zero-order valence-electron chi connectivity index (χ0n) is 15.5. The quantitative estimate of drug-likeness (QED) is 0.618. The molecular weight excluding hydrogens is 348 g/mol. The number of methoxy groups -OCH3 is 2. The van der Waals surface area contributed by atoms with E-state index in [1.54, 1.807) is 50.6 Å². The fourth-order valence-corrected chi connectivity index (χ4v) is 2.26. The van der Waals surface area contributed by atoms with Crippen LogP contribution in [0.25, 0.3) is 0 Å². The predicted molar refractivity (Wildman–Crippen MR) is 101 cm³/mol. The summed E-state index contributed by atoms with van der Waals surface area (Å²) in [5.74, 6) is 1.69. The van der Waals surface area contributed by atoms with Crippen LogP contribution in [0.5, 0.6) is 17.2 Å². The van der Waals surface area contributed by atoms with Crippen LogP contribution in [0.15, 0.2) is 48.5 Å². The van der Waals surface area contributed by atoms with Crippen LogP contribution in [0.3, 0.4) is 0 Å². The maximum atomic E-state index is 11.9. The van der Waals surface area contributed by atoms with Crippen molar-refractivity contribution in [3.8, 4) is 17.2 Å². The van der Waals surface area contributed by atoms with Crippen LogP contribution in [-0.2, 0) is 16.0 Å². The van der Waals surface area contributed by atoms with Gasteiger partial charge in [-0.3, -0.25) is 9.59 Å². The van der Waals surface area contributed by atoms with Gasteiger partial charge in [-0.2, -0.15) is 0 Å². The predicted octanol–water partition coefficient (Wildman–Crippen LogP) is 1.56. The Morgan fingerprint density at radius 2 is 1.33 bits per heavy atom. The van der Waals surface area contributed by atoms with Crippen LogP contribution in [0.2, 0.25) is 0 Å². The van der Waals surface area contributed by atoms with Crippen molar-refractivity contribution in [3.63, 3.8) is 0 Å². The Hall–Kier alpha value is -3.22. The van der Waals surface area contributed by atoms with Gasteiger partial charge in [0, 0.05) is 0 Å². The molecule has 27 heavy (non-hydrogen) atoms. The van der Waals surface area contributed by atoms with Crippen molar-refractivity contribution in [2.75, 3.05) is 33.9 Å². The number of hydrogen-bond donors (Lipinski definition) is 2. The zero-order chi connectivity index (χ0) is 19.5. The van der Waals surface area contributed by atoms with Crippen molar-refractivity contribution in [1.82, 2.24) is 10.6 Å². The lowest BCUT2D eigenvalue weighted by Gasteiger charge is -2.09. The van der Waals surface area contributed by atoms with Crippen molar-refractivity contribution in [2.45, 2.75) is 6.42 Å². The van der Waals surface area contributed by atoms with Gasteiger partial charge in [0.1, 0.15) is 23.9 Å². The highest BCUT2D eigenvalue weighted by molar-refractivity contribution is 5.85. The van der Waals surface area contributed by atoms with E-state index in [-0.39, 0.29) is 24.8 Å². The van der Waals surface area contributed by atoms with Crippen molar-refractivity contribution in [1.29, 1.82) is 0 Å². The SMILES string of the molecule is COc1ccc(CC(=O)NCC(=O)NCCOc2ccc(OC)cc2)cc1. The van der Waals surface area contributed by atoms with Crippen LogP contribution in [0.1, 0.15) is 5.56 Å². The molecule has 0 aromatic heterocycles. The number of carbonyl (C=O) groups excluding carboxylic acids is 2. The number of carbonyl (C=O) groups is 2. The molecule has 0 aliphatic heterocycles. The average molecular weight is 372 g/mol. The highest BCUT2D eigenvalue weighted by Gasteiger charge is 2.07. The second kappa shape index (κ2) is 10.7. The minimum atomic E-state index is -0.267. The number of ether oxygens (including phenoxy) is 3. The van der Waals surface area contributed by atoms with Crippen LogP contribution in [-0.4, -0.2) is 45.7 Å². The Morgan fingerprint density at radius 1 is 0.778 bits per heavy atom. The molecule has 0 aliphatic rings. The summed E-state index contributed by atoms with van der Waals surface area (Å²) >= 11 is 0. The smallest absolute Gasteiger partial charge is 0.239 e. The van der Waals surface area contributed by atoms with E-state index in [0.29, 0.717) is 18.9 Å². The van der Waals surface area contributed by atoms with Gasteiger partial charge in [-0.1, -0.05) is 12.1 Å². The van der Waals surface area contributed by atoms with E-state index < -0.39 is 0 Å². The van der Waals surface area contributed by atoms with Crippen molar-refractivity contribution >= 4 is 11.8 Å². The molecule has 0 radical (unpaired) electrons. The van der Waals surface area contributed by atoms with E-state index in [9.17, 15) is 9.59 Å². The molecule has 2 aromatic carbocycles. The lowest BCUT2D eigenvalue weighted by atomic mass is 10.1. The second-order valence-corrected chi connectivity index (χ2v) is 5.68. The molecule has 2 N–H and O–H groups in total. The first-order valence-corrected chi connectivity index (χ1v) is 8.54. The minimum Gasteiger partial charge on any atom is -0.497 e. The van der Waals surface area contributed by atoms with E-state index in [1.165, 1.54) is 0 Å². The third kappa shape index (κ3) is 7.27. The summed E-state index contributed by atoms with van der Waals surface area (Å²) in [6.45, 7) is 0.606. The van der Waals surface area contributed by atoms with Gasteiger partial charge in [0.25, 0.3) is 0 Å². The number of nitrogens with one attached hydrogen (secondary N) is 2. The molecule has 2 aromatic rings. The van der Waals surface area contributed by atoms with Crippen molar-refractivity contribution in [3.05, 3.63) is 54.1 Å². The number of amides is 2. The Labute approximate surface area is 158 Å². The summed E-state index contributed by atoms with van der Waals surface area (Å²) in [7, 11) is 3.18. The first-order chi connectivity index (χ1) is 13.1. The molecule has 0 heterocycles. The molecule has 0 unspecified atom stereocenters. The molecule has 2 amide bonds. The lowest BCUT2D eigenvalue weighted by Crippen LogP contribution is -2.39. The molecule has 0 atom stereocenters. The lowest BCUT2D eigenvalue weighted by molar-refractivity contribution is -0.125. The van der Waals surface area contributed by atoms with Gasteiger partial charge < -0.3 is 24.8 Å². The Morgan fingerprint density at radius 3 is 1.93 bits per heavy atom. The van der Waals surface area contributed by atoms with E-state index in [2.05, 4.69) is 10.6 Å². The number of benzene rings is 2. The Kier molecular flexibility index (Phi) is 7.96.